The van der Waals surface area contributed by atoms with Gasteiger partial charge in [-0.1, -0.05) is 5.57 Å². The van der Waals surface area contributed by atoms with Gasteiger partial charge in [0.15, 0.2) is 0 Å². The molecule has 0 spiro atoms. The Morgan fingerprint density at radius 1 is 1.12 bits per heavy atom. The van der Waals surface area contributed by atoms with Gasteiger partial charge in [0.05, 0.1) is 35.0 Å². The smallest absolute Gasteiger partial charge is 0.280 e. The zero-order chi connectivity index (χ0) is 19.3. The van der Waals surface area contributed by atoms with E-state index in [0.717, 1.165) is 17.7 Å². The second-order valence-corrected chi connectivity index (χ2v) is 7.93. The van der Waals surface area contributed by atoms with E-state index in [1.807, 2.05) is 13.8 Å². The lowest BCUT2D eigenvalue weighted by Gasteiger charge is -2.13. The number of hydrazone groups is 1. The van der Waals surface area contributed by atoms with Crippen molar-refractivity contribution in [3.05, 3.63) is 35.4 Å². The molecule has 142 valence electrons. The molecule has 1 aromatic carbocycles. The van der Waals surface area contributed by atoms with Gasteiger partial charge in [0.1, 0.15) is 10.1 Å². The average Bonchev–Trinajstić information content (AvgIpc) is 2.91. The van der Waals surface area contributed by atoms with Crippen LogP contribution in [0, 0.1) is 0 Å². The molecule has 0 bridgehead atoms. The number of benzene rings is 1. The van der Waals surface area contributed by atoms with Crippen LogP contribution in [-0.2, 0) is 14.9 Å². The maximum atomic E-state index is 12.2. The molecule has 3 rings (SSSR count). The Morgan fingerprint density at radius 3 is 2.04 bits per heavy atom. The Balaban J connectivity index is 0.000000342. The summed E-state index contributed by atoms with van der Waals surface area (Å²) in [5, 5.41) is 7.73. The van der Waals surface area contributed by atoms with Crippen molar-refractivity contribution in [1.82, 2.24) is 0 Å². The predicted molar refractivity (Wildman–Crippen MR) is 98.9 cm³/mol. The van der Waals surface area contributed by atoms with Crippen LogP contribution in [0.5, 0.6) is 0 Å². The summed E-state index contributed by atoms with van der Waals surface area (Å²) >= 11 is 0. The fraction of sp³-hybridized carbons (Fsp3) is 0.444. The van der Waals surface area contributed by atoms with E-state index < -0.39 is 10.1 Å². The molecule has 2 aliphatic rings. The molecule has 0 saturated carbocycles. The number of quaternary nitrogens is 1. The first-order valence-corrected chi connectivity index (χ1v) is 10.1. The molecule has 7 nitrogen and oxygen atoms in total. The Kier molecular flexibility index (Phi) is 6.69. The number of nitrogens with zero attached hydrogens (tertiary/aromatic N) is 2. The molecule has 8 heteroatoms. The molecule has 1 saturated heterocycles. The van der Waals surface area contributed by atoms with Crippen LogP contribution in [0.1, 0.15) is 40.0 Å². The Labute approximate surface area is 154 Å². The molecule has 1 fully saturated rings. The highest BCUT2D eigenvalue weighted by molar-refractivity contribution is 7.85. The fourth-order valence-corrected chi connectivity index (χ4v) is 3.38. The number of hydrogen-bond donors (Lipinski definition) is 1. The summed E-state index contributed by atoms with van der Waals surface area (Å²) in [6, 6.07) is 5.09. The monoisotopic (exact) mass is 379 g/mol. The normalized spacial score (nSPS) is 17.5. The largest absolute Gasteiger partial charge is 0.744 e. The summed E-state index contributed by atoms with van der Waals surface area (Å²) in [6.07, 6.45) is 4.36. The quantitative estimate of drug-likeness (QED) is 0.619. The number of amides is 1. The Hall–Kier alpha value is -2.03. The van der Waals surface area contributed by atoms with Gasteiger partial charge in [0.2, 0.25) is 0 Å². The van der Waals surface area contributed by atoms with E-state index in [9.17, 15) is 17.8 Å². The number of hydrogen-bond acceptors (Lipinski definition) is 5. The highest BCUT2D eigenvalue weighted by Crippen LogP contribution is 2.26. The predicted octanol–water partition coefficient (Wildman–Crippen LogP) is 1.38. The lowest BCUT2D eigenvalue weighted by Crippen LogP contribution is -2.85. The number of rotatable bonds is 2. The minimum absolute atomic E-state index is 0.264. The second-order valence-electron chi connectivity index (χ2n) is 6.55. The van der Waals surface area contributed by atoms with Crippen molar-refractivity contribution in [1.29, 1.82) is 0 Å². The molecule has 1 amide bonds. The van der Waals surface area contributed by atoms with Gasteiger partial charge in [-0.25, -0.2) is 8.42 Å². The van der Waals surface area contributed by atoms with E-state index in [4.69, 9.17) is 0 Å². The van der Waals surface area contributed by atoms with Gasteiger partial charge < -0.3 is 9.87 Å². The maximum Gasteiger partial charge on any atom is 0.280 e. The molecule has 0 aliphatic carbocycles. The van der Waals surface area contributed by atoms with Crippen LogP contribution in [0.2, 0.25) is 0 Å². The summed E-state index contributed by atoms with van der Waals surface area (Å²) < 4.78 is 32.6. The van der Waals surface area contributed by atoms with Crippen molar-refractivity contribution < 1.29 is 23.1 Å². The van der Waals surface area contributed by atoms with Crippen molar-refractivity contribution >= 4 is 27.4 Å². The third-order valence-corrected chi connectivity index (χ3v) is 5.05. The summed E-state index contributed by atoms with van der Waals surface area (Å²) in [7, 11) is -4.49. The summed E-state index contributed by atoms with van der Waals surface area (Å²) in [4.78, 5) is 11.9. The molecule has 26 heavy (non-hydrogen) atoms. The summed E-state index contributed by atoms with van der Waals surface area (Å²) in [5.41, 5.74) is 2.43. The highest BCUT2D eigenvalue weighted by atomic mass is 32.2. The lowest BCUT2D eigenvalue weighted by molar-refractivity contribution is -0.662. The van der Waals surface area contributed by atoms with E-state index in [1.165, 1.54) is 49.5 Å². The van der Waals surface area contributed by atoms with Crippen molar-refractivity contribution in [3.8, 4) is 0 Å². The van der Waals surface area contributed by atoms with Gasteiger partial charge in [0.25, 0.3) is 5.91 Å². The number of anilines is 1. The molecular weight excluding hydrogens is 354 g/mol. The molecular formula is C18H25N3O4S. The fourth-order valence-electron chi connectivity index (χ4n) is 2.91. The van der Waals surface area contributed by atoms with Crippen LogP contribution >= 0.6 is 0 Å². The molecule has 2 heterocycles. The van der Waals surface area contributed by atoms with Crippen LogP contribution in [0.3, 0.4) is 0 Å². The van der Waals surface area contributed by atoms with Crippen molar-refractivity contribution in [3.63, 3.8) is 0 Å². The number of carbonyl (C=O) groups excluding carboxylic acids is 1. The van der Waals surface area contributed by atoms with Gasteiger partial charge >= 0.3 is 0 Å². The summed E-state index contributed by atoms with van der Waals surface area (Å²) in [6.45, 7) is 8.13. The topological polar surface area (TPSA) is 106 Å². The lowest BCUT2D eigenvalue weighted by atomic mass is 10.1. The van der Waals surface area contributed by atoms with Crippen molar-refractivity contribution in [2.45, 2.75) is 44.9 Å². The minimum Gasteiger partial charge on any atom is -0.744 e. The third-order valence-electron chi connectivity index (χ3n) is 4.20. The first-order valence-electron chi connectivity index (χ1n) is 8.67. The van der Waals surface area contributed by atoms with E-state index in [-0.39, 0.29) is 10.8 Å². The van der Waals surface area contributed by atoms with E-state index >= 15 is 0 Å². The molecule has 1 aromatic rings. The standard InChI is InChI=1S/C13H14N2O4S.C5H11N/c1-8(2)12-9(3)14-15(13(12)16)10-4-6-11(7-5-10)20(17,18)19;1-2-4-6-5-3-1/h4-7H,1-3H3,(H,17,18,19);6H,1-5H2. The first kappa shape index (κ1) is 20.3. The van der Waals surface area contributed by atoms with Gasteiger partial charge in [-0.3, -0.25) is 4.79 Å². The number of allylic oxidation sites excluding steroid dienone is 1. The Morgan fingerprint density at radius 2 is 1.69 bits per heavy atom. The zero-order valence-corrected chi connectivity index (χ0v) is 16.2. The van der Waals surface area contributed by atoms with Crippen molar-refractivity contribution in [2.24, 2.45) is 5.10 Å². The number of carbonyl (C=O) groups is 1. The third kappa shape index (κ3) is 5.00. The molecule has 0 atom stereocenters. The van der Waals surface area contributed by atoms with Gasteiger partial charge in [-0.15, -0.1) is 0 Å². The first-order chi connectivity index (χ1) is 12.2. The van der Waals surface area contributed by atoms with Crippen LogP contribution in [0.15, 0.2) is 45.4 Å². The van der Waals surface area contributed by atoms with Crippen LogP contribution in [-0.4, -0.2) is 37.7 Å². The zero-order valence-electron chi connectivity index (χ0n) is 15.4. The average molecular weight is 379 g/mol. The van der Waals surface area contributed by atoms with Gasteiger partial charge in [-0.2, -0.15) is 10.1 Å². The molecule has 2 aliphatic heterocycles. The molecule has 2 N–H and O–H groups in total. The van der Waals surface area contributed by atoms with E-state index in [0.29, 0.717) is 17.0 Å². The van der Waals surface area contributed by atoms with E-state index in [1.54, 1.807) is 6.92 Å². The van der Waals surface area contributed by atoms with Crippen molar-refractivity contribution in [2.75, 3.05) is 18.1 Å². The second kappa shape index (κ2) is 8.57. The van der Waals surface area contributed by atoms with Gasteiger partial charge in [0, 0.05) is 0 Å². The number of nitrogens with two attached hydrogens (primary N) is 1. The number of piperidine rings is 1. The van der Waals surface area contributed by atoms with Gasteiger partial charge in [-0.05, 0) is 64.3 Å². The molecule has 0 radical (unpaired) electrons. The van der Waals surface area contributed by atoms with Crippen LogP contribution in [0.25, 0.3) is 0 Å². The minimum atomic E-state index is -4.49. The van der Waals surface area contributed by atoms with Crippen LogP contribution in [0.4, 0.5) is 5.69 Å². The summed E-state index contributed by atoms with van der Waals surface area (Å²) in [5.74, 6) is -0.264. The Bertz CT molecular complexity index is 807. The highest BCUT2D eigenvalue weighted by Gasteiger charge is 2.29. The molecule has 0 aromatic heterocycles. The maximum absolute atomic E-state index is 12.2. The van der Waals surface area contributed by atoms with E-state index in [2.05, 4.69) is 10.4 Å². The molecule has 0 unspecified atom stereocenters. The van der Waals surface area contributed by atoms with Crippen LogP contribution < -0.4 is 10.3 Å². The SMILES string of the molecule is C1CC[NH2+]CC1.CC1=NN(c2ccc(S(=O)(=O)[O-])cc2)C(=O)C1=C(C)C.